The largest absolute Gasteiger partial charge is 0.441 e. The summed E-state index contributed by atoms with van der Waals surface area (Å²) in [4.78, 5) is 0. The Hall–Kier alpha value is 0.100. The molecule has 5 heteroatoms. The minimum absolute atomic E-state index is 0.0790. The van der Waals surface area contributed by atoms with Crippen LogP contribution in [0.5, 0.6) is 0 Å². The zero-order valence-electron chi connectivity index (χ0n) is 8.66. The van der Waals surface area contributed by atoms with Crippen molar-refractivity contribution in [2.75, 3.05) is 18.8 Å². The van der Waals surface area contributed by atoms with Crippen LogP contribution >= 0.6 is 11.8 Å². The first-order valence-electron chi connectivity index (χ1n) is 4.87. The third-order valence-corrected chi connectivity index (χ3v) is 2.67. The maximum Gasteiger partial charge on any atom is 0.441 e. The molecule has 0 aliphatic heterocycles. The van der Waals surface area contributed by atoms with Gasteiger partial charge in [-0.15, -0.1) is 0 Å². The average Bonchev–Trinajstić information content (AvgIpc) is 2.07. The van der Waals surface area contributed by atoms with Gasteiger partial charge in [-0.05, 0) is 31.8 Å². The van der Waals surface area contributed by atoms with E-state index >= 15 is 0 Å². The second-order valence-electron chi connectivity index (χ2n) is 3.35. The fourth-order valence-corrected chi connectivity index (χ4v) is 1.65. The molecule has 0 aliphatic carbocycles. The van der Waals surface area contributed by atoms with Crippen LogP contribution in [0.25, 0.3) is 0 Å². The molecule has 0 radical (unpaired) electrons. The number of nitrogens with one attached hydrogen (secondary N) is 1. The van der Waals surface area contributed by atoms with Crippen molar-refractivity contribution in [3.8, 4) is 0 Å². The van der Waals surface area contributed by atoms with Gasteiger partial charge in [0.15, 0.2) is 0 Å². The third-order valence-electron chi connectivity index (χ3n) is 1.85. The minimum atomic E-state index is -4.06. The van der Waals surface area contributed by atoms with Gasteiger partial charge in [-0.1, -0.05) is 25.6 Å². The topological polar surface area (TPSA) is 12.0 Å². The van der Waals surface area contributed by atoms with Crippen molar-refractivity contribution in [1.82, 2.24) is 5.32 Å². The number of rotatable bonds is 7. The molecule has 0 aromatic heterocycles. The second kappa shape index (κ2) is 7.40. The second-order valence-corrected chi connectivity index (χ2v) is 4.51. The van der Waals surface area contributed by atoms with E-state index in [1.54, 1.807) is 0 Å². The van der Waals surface area contributed by atoms with Crippen LogP contribution in [0.4, 0.5) is 13.2 Å². The molecular weight excluding hydrogens is 211 g/mol. The van der Waals surface area contributed by atoms with E-state index in [1.165, 1.54) is 0 Å². The highest BCUT2D eigenvalue weighted by molar-refractivity contribution is 8.00. The van der Waals surface area contributed by atoms with Crippen molar-refractivity contribution in [2.24, 2.45) is 5.92 Å². The van der Waals surface area contributed by atoms with Crippen LogP contribution in [0.1, 0.15) is 26.7 Å². The summed E-state index contributed by atoms with van der Waals surface area (Å²) in [7, 11) is 0. The number of thioether (sulfide) groups is 1. The Morgan fingerprint density at radius 1 is 1.36 bits per heavy atom. The lowest BCUT2D eigenvalue weighted by Gasteiger charge is -2.11. The van der Waals surface area contributed by atoms with Gasteiger partial charge in [0, 0.05) is 5.75 Å². The summed E-state index contributed by atoms with van der Waals surface area (Å²) >= 11 is 0.0790. The first-order valence-corrected chi connectivity index (χ1v) is 5.85. The predicted molar refractivity (Wildman–Crippen MR) is 55.5 cm³/mol. The Labute approximate surface area is 87.8 Å². The van der Waals surface area contributed by atoms with Gasteiger partial charge in [0.2, 0.25) is 0 Å². The van der Waals surface area contributed by atoms with Crippen LogP contribution in [0, 0.1) is 5.92 Å². The average molecular weight is 229 g/mol. The molecule has 1 nitrogen and oxygen atoms in total. The highest BCUT2D eigenvalue weighted by Crippen LogP contribution is 2.30. The molecule has 0 bridgehead atoms. The van der Waals surface area contributed by atoms with Gasteiger partial charge < -0.3 is 5.32 Å². The van der Waals surface area contributed by atoms with E-state index < -0.39 is 5.51 Å². The van der Waals surface area contributed by atoms with Crippen molar-refractivity contribution in [2.45, 2.75) is 32.2 Å². The standard InChI is InChI=1S/C9H18F3NS/c1-3-13-7-8(2)5-4-6-14-9(10,11)12/h8,13H,3-7H2,1-2H3. The number of halogens is 3. The van der Waals surface area contributed by atoms with E-state index in [2.05, 4.69) is 12.2 Å². The van der Waals surface area contributed by atoms with Gasteiger partial charge >= 0.3 is 5.51 Å². The van der Waals surface area contributed by atoms with E-state index in [4.69, 9.17) is 0 Å². The highest BCUT2D eigenvalue weighted by atomic mass is 32.2. The summed E-state index contributed by atoms with van der Waals surface area (Å²) in [6, 6.07) is 0. The van der Waals surface area contributed by atoms with Crippen LogP contribution in [0.15, 0.2) is 0 Å². The third kappa shape index (κ3) is 10.2. The molecule has 14 heavy (non-hydrogen) atoms. The highest BCUT2D eigenvalue weighted by Gasteiger charge is 2.27. The van der Waals surface area contributed by atoms with Crippen LogP contribution < -0.4 is 5.32 Å². The smallest absolute Gasteiger partial charge is 0.317 e. The van der Waals surface area contributed by atoms with E-state index in [0.717, 1.165) is 19.5 Å². The minimum Gasteiger partial charge on any atom is -0.317 e. The maximum atomic E-state index is 11.7. The van der Waals surface area contributed by atoms with E-state index in [9.17, 15) is 13.2 Å². The van der Waals surface area contributed by atoms with Gasteiger partial charge in [0.25, 0.3) is 0 Å². The molecule has 0 amide bonds. The summed E-state index contributed by atoms with van der Waals surface area (Å²) in [6.07, 6.45) is 1.49. The lowest BCUT2D eigenvalue weighted by molar-refractivity contribution is -0.0328. The predicted octanol–water partition coefficient (Wildman–Crippen LogP) is 3.27. The molecule has 0 heterocycles. The van der Waals surface area contributed by atoms with Crippen LogP contribution in [-0.4, -0.2) is 24.4 Å². The van der Waals surface area contributed by atoms with Crippen LogP contribution in [-0.2, 0) is 0 Å². The van der Waals surface area contributed by atoms with Crippen molar-refractivity contribution < 1.29 is 13.2 Å². The van der Waals surface area contributed by atoms with E-state index in [-0.39, 0.29) is 17.5 Å². The molecule has 86 valence electrons. The fraction of sp³-hybridized carbons (Fsp3) is 1.00. The summed E-state index contributed by atoms with van der Waals surface area (Å²) in [5.74, 6) is 0.642. The van der Waals surface area contributed by atoms with Crippen molar-refractivity contribution in [1.29, 1.82) is 0 Å². The van der Waals surface area contributed by atoms with Gasteiger partial charge in [0.1, 0.15) is 0 Å². The van der Waals surface area contributed by atoms with Crippen LogP contribution in [0.2, 0.25) is 0 Å². The lowest BCUT2D eigenvalue weighted by Crippen LogP contribution is -2.20. The Balaban J connectivity index is 3.27. The number of hydrogen-bond donors (Lipinski definition) is 1. The zero-order valence-corrected chi connectivity index (χ0v) is 9.47. The molecule has 0 spiro atoms. The molecule has 0 saturated carbocycles. The van der Waals surface area contributed by atoms with E-state index in [0.29, 0.717) is 12.3 Å². The Morgan fingerprint density at radius 2 is 2.00 bits per heavy atom. The molecule has 0 aromatic rings. The molecule has 0 fully saturated rings. The summed E-state index contributed by atoms with van der Waals surface area (Å²) in [5.41, 5.74) is -4.06. The molecule has 0 aliphatic rings. The molecule has 1 atom stereocenters. The van der Waals surface area contributed by atoms with Crippen molar-refractivity contribution >= 4 is 11.8 Å². The van der Waals surface area contributed by atoms with Crippen molar-refractivity contribution in [3.63, 3.8) is 0 Å². The number of hydrogen-bond acceptors (Lipinski definition) is 2. The maximum absolute atomic E-state index is 11.7. The van der Waals surface area contributed by atoms with Gasteiger partial charge in [-0.25, -0.2) is 0 Å². The molecule has 0 rings (SSSR count). The first kappa shape index (κ1) is 14.1. The Morgan fingerprint density at radius 3 is 2.50 bits per heavy atom. The molecule has 1 unspecified atom stereocenters. The summed E-state index contributed by atoms with van der Waals surface area (Å²) in [5, 5.41) is 3.18. The van der Waals surface area contributed by atoms with Gasteiger partial charge in [-0.2, -0.15) is 13.2 Å². The summed E-state index contributed by atoms with van der Waals surface area (Å²) in [6.45, 7) is 5.89. The molecule has 1 N–H and O–H groups in total. The van der Waals surface area contributed by atoms with Crippen molar-refractivity contribution in [3.05, 3.63) is 0 Å². The monoisotopic (exact) mass is 229 g/mol. The normalized spacial score (nSPS) is 14.4. The van der Waals surface area contributed by atoms with E-state index in [1.807, 2.05) is 6.92 Å². The van der Waals surface area contributed by atoms with Crippen LogP contribution in [0.3, 0.4) is 0 Å². The lowest BCUT2D eigenvalue weighted by atomic mass is 10.1. The Bertz CT molecular complexity index is 139. The van der Waals surface area contributed by atoms with Gasteiger partial charge in [0.05, 0.1) is 0 Å². The SMILES string of the molecule is CCNCC(C)CCCSC(F)(F)F. The zero-order chi connectivity index (χ0) is 11.0. The fourth-order valence-electron chi connectivity index (χ4n) is 1.11. The quantitative estimate of drug-likeness (QED) is 0.672. The first-order chi connectivity index (χ1) is 6.45. The molecule has 0 aromatic carbocycles. The van der Waals surface area contributed by atoms with Gasteiger partial charge in [-0.3, -0.25) is 0 Å². The summed E-state index contributed by atoms with van der Waals surface area (Å²) < 4.78 is 35.2. The Kier molecular flexibility index (Phi) is 7.45. The molecule has 0 saturated heterocycles. The molecular formula is C9H18F3NS. The number of alkyl halides is 3.